The third-order valence-corrected chi connectivity index (χ3v) is 4.62. The number of carbonyl (C=O) groups is 1. The standard InChI is InChI=1S/C14H18ClNO3S/c1-9(15)13(17)16-4-5-20-14(16)10-6-11(18-2)8-12(7-10)19-3/h6-9,14H,4-5H2,1-3H3. The zero-order valence-corrected chi connectivity index (χ0v) is 13.3. The second-order valence-electron chi connectivity index (χ2n) is 4.52. The van der Waals surface area contributed by atoms with Crippen LogP contribution < -0.4 is 9.47 Å². The van der Waals surface area contributed by atoms with Crippen molar-refractivity contribution in [3.8, 4) is 11.5 Å². The fourth-order valence-electron chi connectivity index (χ4n) is 2.17. The Balaban J connectivity index is 2.32. The third kappa shape index (κ3) is 3.15. The van der Waals surface area contributed by atoms with Gasteiger partial charge >= 0.3 is 0 Å². The minimum atomic E-state index is -0.510. The second kappa shape index (κ2) is 6.59. The molecule has 1 heterocycles. The van der Waals surface area contributed by atoms with Crippen LogP contribution in [0.2, 0.25) is 0 Å². The molecule has 0 radical (unpaired) electrons. The molecule has 1 fully saturated rings. The molecule has 2 atom stereocenters. The first-order valence-electron chi connectivity index (χ1n) is 6.36. The Bertz CT molecular complexity index is 473. The summed E-state index contributed by atoms with van der Waals surface area (Å²) >= 11 is 7.65. The molecular weight excluding hydrogens is 298 g/mol. The third-order valence-electron chi connectivity index (χ3n) is 3.17. The van der Waals surface area contributed by atoms with E-state index in [0.717, 1.165) is 22.8 Å². The Hall–Kier alpha value is -1.07. The van der Waals surface area contributed by atoms with E-state index in [1.165, 1.54) is 0 Å². The smallest absolute Gasteiger partial charge is 0.241 e. The summed E-state index contributed by atoms with van der Waals surface area (Å²) in [5.74, 6) is 2.30. The van der Waals surface area contributed by atoms with Gasteiger partial charge in [0, 0.05) is 18.4 Å². The maximum atomic E-state index is 12.2. The van der Waals surface area contributed by atoms with Crippen LogP contribution in [0.15, 0.2) is 18.2 Å². The summed E-state index contributed by atoms with van der Waals surface area (Å²) in [6, 6.07) is 5.69. The van der Waals surface area contributed by atoms with Gasteiger partial charge in [0.25, 0.3) is 0 Å². The normalized spacial score (nSPS) is 19.8. The Morgan fingerprint density at radius 3 is 2.45 bits per heavy atom. The summed E-state index contributed by atoms with van der Waals surface area (Å²) in [5, 5.41) is -0.545. The van der Waals surface area contributed by atoms with E-state index in [4.69, 9.17) is 21.1 Å². The van der Waals surface area contributed by atoms with Gasteiger partial charge in [0.2, 0.25) is 5.91 Å². The molecule has 0 N–H and O–H groups in total. The Kier molecular flexibility index (Phi) is 5.05. The number of hydrogen-bond donors (Lipinski definition) is 0. The molecule has 0 aliphatic carbocycles. The number of methoxy groups -OCH3 is 2. The minimum Gasteiger partial charge on any atom is -0.497 e. The predicted molar refractivity (Wildman–Crippen MR) is 81.8 cm³/mol. The van der Waals surface area contributed by atoms with Gasteiger partial charge in [-0.25, -0.2) is 0 Å². The van der Waals surface area contributed by atoms with Crippen molar-refractivity contribution in [3.05, 3.63) is 23.8 Å². The molecule has 1 saturated heterocycles. The van der Waals surface area contributed by atoms with Crippen LogP contribution in [0.25, 0.3) is 0 Å². The molecule has 0 aromatic heterocycles. The van der Waals surface area contributed by atoms with Crippen LogP contribution in [0, 0.1) is 0 Å². The molecule has 4 nitrogen and oxygen atoms in total. The first-order valence-corrected chi connectivity index (χ1v) is 7.84. The van der Waals surface area contributed by atoms with Crippen molar-refractivity contribution in [2.75, 3.05) is 26.5 Å². The van der Waals surface area contributed by atoms with Gasteiger partial charge < -0.3 is 14.4 Å². The van der Waals surface area contributed by atoms with E-state index in [0.29, 0.717) is 6.54 Å². The number of amides is 1. The van der Waals surface area contributed by atoms with E-state index >= 15 is 0 Å². The minimum absolute atomic E-state index is 0.0345. The molecule has 1 amide bonds. The maximum absolute atomic E-state index is 12.2. The van der Waals surface area contributed by atoms with Crippen molar-refractivity contribution in [3.63, 3.8) is 0 Å². The van der Waals surface area contributed by atoms with E-state index in [1.807, 2.05) is 23.1 Å². The monoisotopic (exact) mass is 315 g/mol. The highest BCUT2D eigenvalue weighted by molar-refractivity contribution is 7.99. The highest BCUT2D eigenvalue weighted by Crippen LogP contribution is 2.41. The zero-order chi connectivity index (χ0) is 14.7. The Labute approximate surface area is 128 Å². The molecule has 2 rings (SSSR count). The number of benzene rings is 1. The maximum Gasteiger partial charge on any atom is 0.241 e. The molecule has 110 valence electrons. The molecule has 20 heavy (non-hydrogen) atoms. The lowest BCUT2D eigenvalue weighted by Crippen LogP contribution is -2.35. The largest absolute Gasteiger partial charge is 0.497 e. The zero-order valence-electron chi connectivity index (χ0n) is 11.8. The second-order valence-corrected chi connectivity index (χ2v) is 6.36. The van der Waals surface area contributed by atoms with Crippen LogP contribution in [0.4, 0.5) is 0 Å². The van der Waals surface area contributed by atoms with Gasteiger partial charge in [-0.3, -0.25) is 4.79 Å². The number of ether oxygens (including phenoxy) is 2. The van der Waals surface area contributed by atoms with Crippen LogP contribution in [0.1, 0.15) is 17.9 Å². The Morgan fingerprint density at radius 1 is 1.35 bits per heavy atom. The lowest BCUT2D eigenvalue weighted by molar-refractivity contribution is -0.130. The van der Waals surface area contributed by atoms with E-state index in [-0.39, 0.29) is 11.3 Å². The van der Waals surface area contributed by atoms with Crippen LogP contribution in [0.3, 0.4) is 0 Å². The quantitative estimate of drug-likeness (QED) is 0.801. The Morgan fingerprint density at radius 2 is 1.95 bits per heavy atom. The van der Waals surface area contributed by atoms with Crippen molar-refractivity contribution in [1.29, 1.82) is 0 Å². The van der Waals surface area contributed by atoms with Gasteiger partial charge in [-0.05, 0) is 24.6 Å². The van der Waals surface area contributed by atoms with E-state index in [2.05, 4.69) is 0 Å². The summed E-state index contributed by atoms with van der Waals surface area (Å²) < 4.78 is 10.6. The first-order chi connectivity index (χ1) is 9.56. The van der Waals surface area contributed by atoms with Gasteiger partial charge in [0.15, 0.2) is 0 Å². The summed E-state index contributed by atoms with van der Waals surface area (Å²) in [6.07, 6.45) is 0. The van der Waals surface area contributed by atoms with Gasteiger partial charge in [0.05, 0.1) is 14.2 Å². The SMILES string of the molecule is COc1cc(OC)cc(C2SCCN2C(=O)C(C)Cl)c1. The van der Waals surface area contributed by atoms with Crippen molar-refractivity contribution < 1.29 is 14.3 Å². The predicted octanol–water partition coefficient (Wildman–Crippen LogP) is 2.91. The van der Waals surface area contributed by atoms with Crippen molar-refractivity contribution in [2.24, 2.45) is 0 Å². The molecule has 0 spiro atoms. The van der Waals surface area contributed by atoms with Crippen molar-refractivity contribution in [2.45, 2.75) is 17.7 Å². The van der Waals surface area contributed by atoms with Crippen molar-refractivity contribution in [1.82, 2.24) is 4.90 Å². The number of carbonyl (C=O) groups excluding carboxylic acids is 1. The number of nitrogens with zero attached hydrogens (tertiary/aromatic N) is 1. The summed E-state index contributed by atoms with van der Waals surface area (Å²) in [7, 11) is 3.23. The molecule has 1 aromatic rings. The molecule has 1 aliphatic heterocycles. The lowest BCUT2D eigenvalue weighted by atomic mass is 10.1. The summed E-state index contributed by atoms with van der Waals surface area (Å²) in [5.41, 5.74) is 0.995. The van der Waals surface area contributed by atoms with Crippen LogP contribution in [0.5, 0.6) is 11.5 Å². The molecule has 1 aliphatic rings. The molecule has 2 unspecified atom stereocenters. The lowest BCUT2D eigenvalue weighted by Gasteiger charge is -2.25. The molecule has 1 aromatic carbocycles. The van der Waals surface area contributed by atoms with Gasteiger partial charge in [-0.1, -0.05) is 0 Å². The van der Waals surface area contributed by atoms with Crippen LogP contribution in [-0.2, 0) is 4.79 Å². The molecular formula is C14H18ClNO3S. The highest BCUT2D eigenvalue weighted by atomic mass is 35.5. The number of alkyl halides is 1. The number of rotatable bonds is 4. The fourth-order valence-corrected chi connectivity index (χ4v) is 3.54. The topological polar surface area (TPSA) is 38.8 Å². The molecule has 0 bridgehead atoms. The van der Waals surface area contributed by atoms with Crippen molar-refractivity contribution >= 4 is 29.3 Å². The number of thioether (sulfide) groups is 1. The first kappa shape index (κ1) is 15.3. The molecule has 6 heteroatoms. The molecule has 0 saturated carbocycles. The average molecular weight is 316 g/mol. The van der Waals surface area contributed by atoms with E-state index in [9.17, 15) is 4.79 Å². The van der Waals surface area contributed by atoms with E-state index < -0.39 is 5.38 Å². The van der Waals surface area contributed by atoms with Crippen LogP contribution >= 0.6 is 23.4 Å². The fraction of sp³-hybridized carbons (Fsp3) is 0.500. The summed E-state index contributed by atoms with van der Waals surface area (Å²) in [6.45, 7) is 2.42. The highest BCUT2D eigenvalue weighted by Gasteiger charge is 2.32. The van der Waals surface area contributed by atoms with Gasteiger partial charge in [-0.2, -0.15) is 0 Å². The average Bonchev–Trinajstić information content (AvgIpc) is 2.94. The van der Waals surface area contributed by atoms with Gasteiger partial charge in [0.1, 0.15) is 22.2 Å². The van der Waals surface area contributed by atoms with Gasteiger partial charge in [-0.15, -0.1) is 23.4 Å². The number of halogens is 1. The van der Waals surface area contributed by atoms with E-state index in [1.54, 1.807) is 32.9 Å². The van der Waals surface area contributed by atoms with Crippen LogP contribution in [-0.4, -0.2) is 42.7 Å². The number of hydrogen-bond acceptors (Lipinski definition) is 4. The summed E-state index contributed by atoms with van der Waals surface area (Å²) in [4.78, 5) is 14.0.